The van der Waals surface area contributed by atoms with Crippen molar-refractivity contribution in [1.29, 1.82) is 0 Å². The number of piperidine rings is 1. The van der Waals surface area contributed by atoms with E-state index in [-0.39, 0.29) is 44.5 Å². The van der Waals surface area contributed by atoms with E-state index in [1.165, 1.54) is 82.0 Å². The van der Waals surface area contributed by atoms with Gasteiger partial charge in [-0.15, -0.1) is 4.28 Å². The normalized spacial score (nSPS) is 18.0. The van der Waals surface area contributed by atoms with Gasteiger partial charge >= 0.3 is 16.4 Å². The molecule has 0 radical (unpaired) electrons. The van der Waals surface area contributed by atoms with Gasteiger partial charge in [-0.3, -0.25) is 14.2 Å². The van der Waals surface area contributed by atoms with Gasteiger partial charge in [-0.25, -0.2) is 10.3 Å². The largest absolute Gasteiger partial charge is 0.530 e. The molecule has 2 heterocycles. The highest BCUT2D eigenvalue weighted by Crippen LogP contribution is 2.30. The lowest BCUT2D eigenvalue weighted by Gasteiger charge is -2.39. The van der Waals surface area contributed by atoms with Crippen LogP contribution < -0.4 is 10.6 Å². The van der Waals surface area contributed by atoms with Crippen LogP contribution >= 0.6 is 0 Å². The van der Waals surface area contributed by atoms with Crippen LogP contribution in [0.4, 0.5) is 9.59 Å². The molecule has 48 heavy (non-hydrogen) atoms. The maximum Gasteiger partial charge on any atom is 0.418 e. The number of quaternary nitrogens is 1. The zero-order chi connectivity index (χ0) is 36.4. The van der Waals surface area contributed by atoms with Gasteiger partial charge in [-0.2, -0.15) is 13.5 Å². The third kappa shape index (κ3) is 16.5. The van der Waals surface area contributed by atoms with E-state index in [0.717, 1.165) is 16.2 Å². The summed E-state index contributed by atoms with van der Waals surface area (Å²) in [4.78, 5) is 43.2. The monoisotopic (exact) mass is 707 g/mol. The lowest BCUT2D eigenvalue weighted by Crippen LogP contribution is -2.50. The topological polar surface area (TPSA) is 169 Å². The van der Waals surface area contributed by atoms with Crippen molar-refractivity contribution in [1.82, 2.24) is 20.3 Å². The smallest absolute Gasteiger partial charge is 0.418 e. The quantitative estimate of drug-likeness (QED) is 0.0712. The number of carboxylic acid groups (broad SMARTS) is 1. The molecule has 2 rings (SSSR count). The second-order valence-corrected chi connectivity index (χ2v) is 15.4. The van der Waals surface area contributed by atoms with Gasteiger partial charge in [0.2, 0.25) is 0 Å². The van der Waals surface area contributed by atoms with Gasteiger partial charge in [0.15, 0.2) is 0 Å². The zero-order valence-electron chi connectivity index (χ0n) is 30.7. The lowest BCUT2D eigenvalue weighted by molar-refractivity contribution is -0.929. The van der Waals surface area contributed by atoms with Crippen LogP contribution in [0.1, 0.15) is 126 Å². The summed E-state index contributed by atoms with van der Waals surface area (Å²) in [7, 11) is -4.87. The summed E-state index contributed by atoms with van der Waals surface area (Å²) in [6.45, 7) is 21.4. The fourth-order valence-corrected chi connectivity index (χ4v) is 6.58. The number of nitrogens with zero attached hydrogens (tertiary/aromatic N) is 4. The Morgan fingerprint density at radius 3 is 1.90 bits per heavy atom. The minimum Gasteiger partial charge on any atom is -0.530 e. The van der Waals surface area contributed by atoms with E-state index < -0.39 is 40.5 Å². The molecule has 0 aromatic carbocycles. The summed E-state index contributed by atoms with van der Waals surface area (Å²) in [5.41, 5.74) is 2.27. The molecule has 2 atom stereocenters. The number of rotatable bonds is 22. The predicted octanol–water partition coefficient (Wildman–Crippen LogP) is 4.51. The van der Waals surface area contributed by atoms with Crippen molar-refractivity contribution in [3.63, 3.8) is 0 Å². The summed E-state index contributed by atoms with van der Waals surface area (Å²) in [6, 6.07) is -2.38. The molecule has 2 fully saturated rings. The predicted molar refractivity (Wildman–Crippen MR) is 182 cm³/mol. The molecule has 2 bridgehead atoms. The molecule has 0 saturated carbocycles. The van der Waals surface area contributed by atoms with Crippen molar-refractivity contribution in [3.05, 3.63) is 0 Å². The molecule has 0 spiro atoms. The first-order valence-electron chi connectivity index (χ1n) is 18.0. The second-order valence-electron chi connectivity index (χ2n) is 14.4. The van der Waals surface area contributed by atoms with E-state index in [1.54, 1.807) is 0 Å². The van der Waals surface area contributed by atoms with Gasteiger partial charge in [-0.1, -0.05) is 74.1 Å². The number of amides is 4. The van der Waals surface area contributed by atoms with E-state index in [1.807, 2.05) is 0 Å². The maximum atomic E-state index is 12.4. The van der Waals surface area contributed by atoms with E-state index in [9.17, 15) is 27.9 Å². The van der Waals surface area contributed by atoms with Crippen LogP contribution in [0.3, 0.4) is 0 Å². The van der Waals surface area contributed by atoms with Gasteiger partial charge in [0.05, 0.1) is 38.8 Å². The van der Waals surface area contributed by atoms with Crippen molar-refractivity contribution in [3.8, 4) is 0 Å². The Balaban J connectivity index is 0.000000576. The molecular weight excluding hydrogens is 642 g/mol. The number of hydrogen-bond acceptors (Lipinski definition) is 8. The summed E-state index contributed by atoms with van der Waals surface area (Å²) in [5, 5.41) is 11.8. The Bertz CT molecular complexity index is 1030. The van der Waals surface area contributed by atoms with Crippen LogP contribution in [-0.2, 0) is 24.3 Å². The molecule has 2 saturated heterocycles. The number of hydrogen-bond donors (Lipinski definition) is 2. The minimum atomic E-state index is -4.87. The zero-order valence-corrected chi connectivity index (χ0v) is 31.5. The van der Waals surface area contributed by atoms with Crippen LogP contribution in [-0.4, -0.2) is 115 Å². The van der Waals surface area contributed by atoms with E-state index in [4.69, 9.17) is 9.39 Å². The first-order chi connectivity index (χ1) is 22.5. The van der Waals surface area contributed by atoms with Crippen molar-refractivity contribution in [2.75, 3.05) is 52.4 Å². The van der Waals surface area contributed by atoms with E-state index in [2.05, 4.69) is 58.2 Å². The molecule has 2 N–H and O–H groups in total. The number of hydroxylamine groups is 3. The van der Waals surface area contributed by atoms with Crippen molar-refractivity contribution < 1.29 is 46.1 Å². The van der Waals surface area contributed by atoms with E-state index >= 15 is 0 Å². The second kappa shape index (κ2) is 21.8. The highest BCUT2D eigenvalue weighted by Gasteiger charge is 2.49. The molecule has 0 aliphatic carbocycles. The summed E-state index contributed by atoms with van der Waals surface area (Å²) in [6.07, 6.45) is 11.7. The Hall–Kier alpha value is -2.20. The fraction of sp³-hybridized carbons (Fsp3) is 0.909. The number of carbonyl (C=O) groups is 3. The molecule has 0 aromatic rings. The average Bonchev–Trinajstić information content (AvgIpc) is 3.24. The van der Waals surface area contributed by atoms with Crippen LogP contribution in [0.25, 0.3) is 0 Å². The average molecular weight is 708 g/mol. The fourth-order valence-electron chi connectivity index (χ4n) is 6.19. The summed E-state index contributed by atoms with van der Waals surface area (Å²) >= 11 is 0. The minimum absolute atomic E-state index is 0.00187. The number of nitrogens with one attached hydrogen (secondary N) is 1. The van der Waals surface area contributed by atoms with Gasteiger partial charge in [0.25, 0.3) is 5.91 Å². The van der Waals surface area contributed by atoms with Crippen molar-refractivity contribution in [2.24, 2.45) is 5.41 Å². The third-order valence-corrected chi connectivity index (χ3v) is 9.34. The SMILES string of the molecule is CC(C)(C)CCCN(CCONC(=O)[C@@H]1CC[C@@H]2CN1C(=O)N2OS(=O)(=O)O)C(=O)[O-].CCCC[N+](CCCC)(CCCC)CCCC. The highest BCUT2D eigenvalue weighted by atomic mass is 32.3. The third-order valence-electron chi connectivity index (χ3n) is 8.99. The van der Waals surface area contributed by atoms with Crippen LogP contribution in [0.2, 0.25) is 0 Å². The Labute approximate surface area is 289 Å². The first kappa shape index (κ1) is 43.8. The number of fused-ring (bicyclic) bond motifs is 2. The molecule has 15 heteroatoms. The lowest BCUT2D eigenvalue weighted by atomic mass is 9.90. The van der Waals surface area contributed by atoms with Crippen molar-refractivity contribution in [2.45, 2.75) is 138 Å². The van der Waals surface area contributed by atoms with Crippen LogP contribution in [0.5, 0.6) is 0 Å². The molecule has 2 aliphatic heterocycles. The van der Waals surface area contributed by atoms with Gasteiger partial charge in [0, 0.05) is 19.6 Å². The molecule has 4 amide bonds. The highest BCUT2D eigenvalue weighted by molar-refractivity contribution is 7.80. The molecule has 0 aromatic heterocycles. The van der Waals surface area contributed by atoms with E-state index in [0.29, 0.717) is 11.5 Å². The Kier molecular flexibility index (Phi) is 19.9. The van der Waals surface area contributed by atoms with Gasteiger partial charge < -0.3 is 24.2 Å². The van der Waals surface area contributed by atoms with Crippen LogP contribution in [0.15, 0.2) is 0 Å². The van der Waals surface area contributed by atoms with Gasteiger partial charge in [0.1, 0.15) is 12.1 Å². The molecule has 14 nitrogen and oxygen atoms in total. The Morgan fingerprint density at radius 1 is 0.938 bits per heavy atom. The molecule has 2 aliphatic rings. The summed E-state index contributed by atoms with van der Waals surface area (Å²) in [5.74, 6) is -0.631. The van der Waals surface area contributed by atoms with Crippen molar-refractivity contribution >= 4 is 28.4 Å². The molecular formula is C33H65N5O9S. The first-order valence-corrected chi connectivity index (χ1v) is 19.4. The van der Waals surface area contributed by atoms with Gasteiger partial charge in [-0.05, 0) is 56.8 Å². The summed E-state index contributed by atoms with van der Waals surface area (Å²) < 4.78 is 36.3. The number of unbranched alkanes of at least 4 members (excludes halogenated alkanes) is 4. The number of carbonyl (C=O) groups excluding carboxylic acids is 3. The standard InChI is InChI=1S/C17H30N4O9S.C16H36N/c1-17(2,3)7-4-8-19(16(24)25)9-10-29-18-14(22)13-6-5-12-11-20(13)15(23)21(12)30-31(26,27)28;1-5-9-13-17(14-10-6-2,15-11-7-3)16-12-8-4/h12-13H,4-11H2,1-3H3,(H,18,22)(H,24,25)(H,26,27,28);5-16H2,1-4H3/q;+1/p-1/t12-,13+;/m1./s1. The Morgan fingerprint density at radius 2 is 1.46 bits per heavy atom. The molecule has 282 valence electrons. The number of urea groups is 1. The maximum absolute atomic E-state index is 12.4. The molecule has 0 unspecified atom stereocenters. The van der Waals surface area contributed by atoms with Crippen LogP contribution in [0, 0.1) is 5.41 Å².